The van der Waals surface area contributed by atoms with Gasteiger partial charge in [0.1, 0.15) is 18.2 Å². The number of hydrogen-bond donors (Lipinski definition) is 2. The number of halogens is 4. The normalized spacial score (nSPS) is 20.7. The summed E-state index contributed by atoms with van der Waals surface area (Å²) in [4.78, 5) is 80.1. The van der Waals surface area contributed by atoms with Gasteiger partial charge in [-0.05, 0) is 92.7 Å². The number of aromatic nitrogens is 2. The predicted octanol–water partition coefficient (Wildman–Crippen LogP) is 5.50. The second kappa shape index (κ2) is 20.1. The summed E-state index contributed by atoms with van der Waals surface area (Å²) in [5, 5.41) is 14.2. The Kier molecular flexibility index (Phi) is 14.6. The van der Waals surface area contributed by atoms with Crippen LogP contribution in [0.1, 0.15) is 89.8 Å². The lowest BCUT2D eigenvalue weighted by Gasteiger charge is -2.55. The van der Waals surface area contributed by atoms with Gasteiger partial charge in [0.05, 0.1) is 40.9 Å². The molecule has 4 aliphatic rings. The van der Waals surface area contributed by atoms with Gasteiger partial charge >= 0.3 is 6.18 Å². The van der Waals surface area contributed by atoms with Crippen LogP contribution >= 0.6 is 0 Å². The number of likely N-dealkylation sites (tertiary alicyclic amines) is 1. The van der Waals surface area contributed by atoms with Crippen molar-refractivity contribution in [2.24, 2.45) is 11.3 Å². The molecule has 0 aliphatic carbocycles. The van der Waals surface area contributed by atoms with Crippen LogP contribution in [0.2, 0.25) is 0 Å². The Hall–Kier alpha value is -6.16. The fraction of sp³-hybridized carbons (Fsp3) is 0.532. The molecule has 15 nitrogen and oxygen atoms in total. The SMILES string of the molecule is CNC(=O)CCC(C=O)N(C)C(=O)c1ccc(N2CCC3(CC2)CN(CC2CCN(c4ccc(NC(=O)C5(F)CCCN(c6cnc(C#N)c(C(F)(F)F)c6)CC5)nc4)CC2)C3)cc1C=O. The van der Waals surface area contributed by atoms with Gasteiger partial charge in [-0.2, -0.15) is 18.4 Å². The Morgan fingerprint density at radius 1 is 0.909 bits per heavy atom. The van der Waals surface area contributed by atoms with Crippen LogP contribution in [0.25, 0.3) is 0 Å². The van der Waals surface area contributed by atoms with Crippen molar-refractivity contribution in [3.63, 3.8) is 0 Å². The van der Waals surface area contributed by atoms with E-state index in [1.807, 2.05) is 12.1 Å². The third-order valence-electron chi connectivity index (χ3n) is 13.9. The smallest absolute Gasteiger partial charge is 0.371 e. The Morgan fingerprint density at radius 2 is 1.58 bits per heavy atom. The van der Waals surface area contributed by atoms with Crippen molar-refractivity contribution in [1.29, 1.82) is 5.26 Å². The van der Waals surface area contributed by atoms with E-state index in [4.69, 9.17) is 5.26 Å². The average molecular weight is 917 g/mol. The van der Waals surface area contributed by atoms with Crippen molar-refractivity contribution in [3.8, 4) is 6.07 Å². The number of likely N-dealkylation sites (N-methyl/N-ethyl adjacent to an activating group) is 1. The summed E-state index contributed by atoms with van der Waals surface area (Å²) in [6.07, 6.45) is 3.60. The summed E-state index contributed by atoms with van der Waals surface area (Å²) in [6, 6.07) is 10.3. The largest absolute Gasteiger partial charge is 0.419 e. The van der Waals surface area contributed by atoms with Crippen LogP contribution in [0, 0.1) is 22.7 Å². The number of carbonyl (C=O) groups excluding carboxylic acids is 5. The van der Waals surface area contributed by atoms with E-state index in [1.54, 1.807) is 29.3 Å². The first kappa shape index (κ1) is 47.8. The molecule has 2 N–H and O–H groups in total. The van der Waals surface area contributed by atoms with E-state index in [0.717, 1.165) is 88.9 Å². The third-order valence-corrected chi connectivity index (χ3v) is 13.9. The topological polar surface area (TPSA) is 175 Å². The number of nitriles is 1. The Bertz CT molecular complexity index is 2300. The van der Waals surface area contributed by atoms with Crippen LogP contribution in [-0.4, -0.2) is 135 Å². The van der Waals surface area contributed by atoms with E-state index in [1.165, 1.54) is 31.3 Å². The molecule has 1 spiro atoms. The lowest BCUT2D eigenvalue weighted by atomic mass is 9.71. The minimum atomic E-state index is -4.77. The number of alkyl halides is 4. The Balaban J connectivity index is 0.829. The van der Waals surface area contributed by atoms with E-state index >= 15 is 4.39 Å². The molecule has 3 amide bonds. The van der Waals surface area contributed by atoms with Gasteiger partial charge in [-0.3, -0.25) is 19.2 Å². The number of piperidine rings is 2. The number of carbonyl (C=O) groups is 5. The summed E-state index contributed by atoms with van der Waals surface area (Å²) < 4.78 is 56.7. The van der Waals surface area contributed by atoms with Crippen LogP contribution < -0.4 is 25.3 Å². The number of amides is 3. The number of rotatable bonds is 14. The molecule has 4 aliphatic heterocycles. The molecule has 6 heterocycles. The number of pyridine rings is 2. The second-order valence-electron chi connectivity index (χ2n) is 18.2. The molecule has 2 atom stereocenters. The van der Waals surface area contributed by atoms with Crippen molar-refractivity contribution < 1.29 is 41.5 Å². The van der Waals surface area contributed by atoms with Gasteiger partial charge in [0.2, 0.25) is 5.91 Å². The molecule has 0 radical (unpaired) electrons. The minimum absolute atomic E-state index is 0.0156. The second-order valence-corrected chi connectivity index (χ2v) is 18.2. The summed E-state index contributed by atoms with van der Waals surface area (Å²) in [7, 11) is 3.01. The van der Waals surface area contributed by atoms with Crippen molar-refractivity contribution in [2.75, 3.05) is 93.0 Å². The lowest BCUT2D eigenvalue weighted by molar-refractivity contribution is -0.138. The van der Waals surface area contributed by atoms with E-state index in [9.17, 15) is 37.1 Å². The van der Waals surface area contributed by atoms with Crippen LogP contribution in [0.4, 0.5) is 40.4 Å². The maximum atomic E-state index is 16.1. The molecular formula is C47H56F4N10O5. The number of benzene rings is 1. The van der Waals surface area contributed by atoms with Gasteiger partial charge in [0, 0.05) is 97.1 Å². The van der Waals surface area contributed by atoms with Gasteiger partial charge in [0.25, 0.3) is 11.8 Å². The maximum absolute atomic E-state index is 16.1. The molecule has 1 aromatic carbocycles. The fourth-order valence-electron chi connectivity index (χ4n) is 9.85. The number of nitrogens with one attached hydrogen (secondary N) is 2. The minimum Gasteiger partial charge on any atom is -0.371 e. The first-order valence-corrected chi connectivity index (χ1v) is 22.5. The van der Waals surface area contributed by atoms with Gasteiger partial charge in [-0.15, -0.1) is 0 Å². The lowest BCUT2D eigenvalue weighted by Crippen LogP contribution is -2.61. The van der Waals surface area contributed by atoms with Crippen molar-refractivity contribution in [2.45, 2.75) is 75.7 Å². The molecule has 4 fully saturated rings. The van der Waals surface area contributed by atoms with Crippen LogP contribution in [0.3, 0.4) is 0 Å². The van der Waals surface area contributed by atoms with Gasteiger partial charge in [-0.25, -0.2) is 14.4 Å². The van der Waals surface area contributed by atoms with E-state index in [-0.39, 0.29) is 79.1 Å². The molecule has 352 valence electrons. The van der Waals surface area contributed by atoms with Gasteiger partial charge < -0.3 is 39.9 Å². The standard InChI is InChI=1S/C47H56F4N10O5/c1-53-42(64)9-6-36(29-63)57(2)43(65)38-7-4-34(22-33(38)28-62)61-19-13-45(14-20-61)30-58(31-45)27-32-10-17-60(18-11-32)35-5-8-41(55-25-35)56-44(66)46(48)12-3-16-59(21-15-46)37-23-39(47(49,50)51)40(24-52)54-26-37/h4-5,7-8,22-23,25-26,28-29,32,36H,3,6,9-21,27,30-31H2,1-2H3,(H,53,64)(H,55,56,66). The fourth-order valence-corrected chi connectivity index (χ4v) is 9.85. The summed E-state index contributed by atoms with van der Waals surface area (Å²) >= 11 is 0. The molecule has 4 saturated heterocycles. The average Bonchev–Trinajstić information content (AvgIpc) is 3.53. The molecule has 7 rings (SSSR count). The first-order chi connectivity index (χ1) is 31.6. The van der Waals surface area contributed by atoms with Gasteiger partial charge in [0.15, 0.2) is 17.6 Å². The molecular weight excluding hydrogens is 861 g/mol. The van der Waals surface area contributed by atoms with Crippen molar-refractivity contribution >= 4 is 53.2 Å². The highest BCUT2D eigenvalue weighted by molar-refractivity contribution is 6.03. The Labute approximate surface area is 381 Å². The highest BCUT2D eigenvalue weighted by atomic mass is 19.4. The molecule has 19 heteroatoms. The molecule has 66 heavy (non-hydrogen) atoms. The van der Waals surface area contributed by atoms with E-state index in [2.05, 4.69) is 35.3 Å². The molecule has 2 unspecified atom stereocenters. The number of nitrogens with zero attached hydrogens (tertiary/aromatic N) is 8. The zero-order valence-corrected chi connectivity index (χ0v) is 37.3. The number of hydrogen-bond acceptors (Lipinski definition) is 12. The van der Waals surface area contributed by atoms with Gasteiger partial charge in [-0.1, -0.05) is 0 Å². The Morgan fingerprint density at radius 3 is 2.21 bits per heavy atom. The van der Waals surface area contributed by atoms with Crippen LogP contribution in [0.15, 0.2) is 48.8 Å². The zero-order valence-electron chi connectivity index (χ0n) is 37.3. The van der Waals surface area contributed by atoms with Crippen molar-refractivity contribution in [1.82, 2.24) is 25.1 Å². The van der Waals surface area contributed by atoms with Crippen LogP contribution in [-0.2, 0) is 20.6 Å². The summed E-state index contributed by atoms with van der Waals surface area (Å²) in [5.74, 6) is -0.761. The highest BCUT2D eigenvalue weighted by Gasteiger charge is 2.46. The molecule has 3 aromatic rings. The summed E-state index contributed by atoms with van der Waals surface area (Å²) in [5.41, 5.74) is -1.51. The highest BCUT2D eigenvalue weighted by Crippen LogP contribution is 2.43. The van der Waals surface area contributed by atoms with E-state index < -0.39 is 41.0 Å². The maximum Gasteiger partial charge on any atom is 0.419 e. The third kappa shape index (κ3) is 10.8. The molecule has 0 bridgehead atoms. The number of anilines is 4. The van der Waals surface area contributed by atoms with E-state index in [0.29, 0.717) is 18.5 Å². The number of aldehydes is 2. The molecule has 2 aromatic heterocycles. The summed E-state index contributed by atoms with van der Waals surface area (Å²) in [6.45, 7) is 6.72. The first-order valence-electron chi connectivity index (χ1n) is 22.5. The predicted molar refractivity (Wildman–Crippen MR) is 239 cm³/mol. The molecule has 0 saturated carbocycles. The monoisotopic (exact) mass is 916 g/mol. The quantitative estimate of drug-likeness (QED) is 0.154. The van der Waals surface area contributed by atoms with Crippen molar-refractivity contribution in [3.05, 3.63) is 71.2 Å². The zero-order chi connectivity index (χ0) is 47.2. The van der Waals surface area contributed by atoms with Crippen LogP contribution in [0.5, 0.6) is 0 Å².